The molecule has 1 aliphatic carbocycles. The summed E-state index contributed by atoms with van der Waals surface area (Å²) in [5.74, 6) is 0. The van der Waals surface area contributed by atoms with Gasteiger partial charge in [-0.1, -0.05) is 102 Å². The molecule has 1 unspecified atom stereocenters. The highest BCUT2D eigenvalue weighted by molar-refractivity contribution is 5.85. The van der Waals surface area contributed by atoms with Gasteiger partial charge in [-0.05, 0) is 128 Å². The van der Waals surface area contributed by atoms with E-state index in [1.807, 2.05) is 6.21 Å². The number of fused-ring (bicyclic) bond motifs is 1. The molecule has 0 aliphatic heterocycles. The minimum atomic E-state index is 0.269. The Bertz CT molecular complexity index is 1460. The second-order valence-electron chi connectivity index (χ2n) is 12.0. The predicted octanol–water partition coefficient (Wildman–Crippen LogP) is 12.0. The van der Waals surface area contributed by atoms with Crippen molar-refractivity contribution in [2.75, 3.05) is 11.6 Å². The molecule has 0 radical (unpaired) electrons. The van der Waals surface area contributed by atoms with Crippen LogP contribution in [0.25, 0.3) is 11.1 Å². The molecule has 1 atom stereocenters. The number of rotatable bonds is 17. The quantitative estimate of drug-likeness (QED) is 0.111. The Hall–Kier alpha value is -3.85. The van der Waals surface area contributed by atoms with Crippen molar-refractivity contribution in [3.05, 3.63) is 125 Å². The number of nitrogens with one attached hydrogen (secondary N) is 1. The number of allylic oxidation sites excluding steroid dienone is 10. The smallest absolute Gasteiger partial charge is 0.0599 e. The van der Waals surface area contributed by atoms with Gasteiger partial charge in [0, 0.05) is 12.2 Å². The molecule has 0 saturated heterocycles. The Balaban J connectivity index is 1.92. The van der Waals surface area contributed by atoms with Crippen LogP contribution < -0.4 is 10.3 Å². The lowest BCUT2D eigenvalue weighted by Gasteiger charge is -2.21. The zero-order valence-electron chi connectivity index (χ0n) is 29.2. The molecule has 0 fully saturated rings. The summed E-state index contributed by atoms with van der Waals surface area (Å²) in [6.45, 7) is 24.7. The van der Waals surface area contributed by atoms with Gasteiger partial charge in [0.1, 0.15) is 0 Å². The van der Waals surface area contributed by atoms with E-state index in [0.29, 0.717) is 0 Å². The fourth-order valence-electron chi connectivity index (χ4n) is 6.23. The monoisotopic (exact) mass is 603 g/mol. The van der Waals surface area contributed by atoms with Crippen molar-refractivity contribution in [1.82, 2.24) is 5.32 Å². The molecule has 0 saturated carbocycles. The zero-order chi connectivity index (χ0) is 32.8. The van der Waals surface area contributed by atoms with E-state index in [9.17, 15) is 0 Å². The van der Waals surface area contributed by atoms with Crippen molar-refractivity contribution in [3.63, 3.8) is 0 Å². The van der Waals surface area contributed by atoms with Crippen molar-refractivity contribution in [2.24, 2.45) is 5.10 Å². The SMILES string of the molecule is C=C(CCC)C(/C=N\N(CC)c1cccc(-c2cccc3c2C(N/C(C)=C/C=C(C(=C)CC)/C(=C/CC)CCC)CC3)c1)=C\C. The molecular formula is C42H57N3. The first-order valence-electron chi connectivity index (χ1n) is 17.2. The summed E-state index contributed by atoms with van der Waals surface area (Å²) in [5, 5.41) is 10.8. The van der Waals surface area contributed by atoms with Crippen molar-refractivity contribution in [1.29, 1.82) is 0 Å². The third kappa shape index (κ3) is 9.57. The Kier molecular flexibility index (Phi) is 14.4. The van der Waals surface area contributed by atoms with Crippen molar-refractivity contribution < 1.29 is 0 Å². The van der Waals surface area contributed by atoms with E-state index in [1.54, 1.807) is 0 Å². The van der Waals surface area contributed by atoms with Crippen LogP contribution in [0.3, 0.4) is 0 Å². The first-order valence-corrected chi connectivity index (χ1v) is 17.2. The van der Waals surface area contributed by atoms with E-state index in [0.717, 1.165) is 74.7 Å². The predicted molar refractivity (Wildman–Crippen MR) is 200 cm³/mol. The molecule has 0 aromatic heterocycles. The van der Waals surface area contributed by atoms with Gasteiger partial charge >= 0.3 is 0 Å². The molecule has 240 valence electrons. The average Bonchev–Trinajstić information content (AvgIpc) is 3.46. The molecule has 3 rings (SSSR count). The van der Waals surface area contributed by atoms with E-state index in [1.165, 1.54) is 44.7 Å². The van der Waals surface area contributed by atoms with E-state index in [4.69, 9.17) is 5.10 Å². The number of benzene rings is 2. The van der Waals surface area contributed by atoms with E-state index < -0.39 is 0 Å². The topological polar surface area (TPSA) is 27.6 Å². The average molecular weight is 604 g/mol. The molecular weight excluding hydrogens is 546 g/mol. The first kappa shape index (κ1) is 35.6. The van der Waals surface area contributed by atoms with Gasteiger partial charge in [-0.2, -0.15) is 5.10 Å². The summed E-state index contributed by atoms with van der Waals surface area (Å²) in [7, 11) is 0. The lowest BCUT2D eigenvalue weighted by molar-refractivity contribution is 0.594. The Morgan fingerprint density at radius 1 is 0.978 bits per heavy atom. The van der Waals surface area contributed by atoms with Gasteiger partial charge in [-0.3, -0.25) is 5.01 Å². The normalized spacial score (nSPS) is 15.8. The summed E-state index contributed by atoms with van der Waals surface area (Å²) >= 11 is 0. The molecule has 3 nitrogen and oxygen atoms in total. The van der Waals surface area contributed by atoms with Gasteiger partial charge in [-0.25, -0.2) is 0 Å². The van der Waals surface area contributed by atoms with E-state index in [-0.39, 0.29) is 6.04 Å². The summed E-state index contributed by atoms with van der Waals surface area (Å²) in [6, 6.07) is 15.9. The zero-order valence-corrected chi connectivity index (χ0v) is 29.2. The van der Waals surface area contributed by atoms with Crippen LogP contribution in [0.5, 0.6) is 0 Å². The van der Waals surface area contributed by atoms with Crippen LogP contribution >= 0.6 is 0 Å². The van der Waals surface area contributed by atoms with Gasteiger partial charge in [0.05, 0.1) is 17.9 Å². The summed E-state index contributed by atoms with van der Waals surface area (Å²) in [4.78, 5) is 0. The maximum Gasteiger partial charge on any atom is 0.0599 e. The molecule has 0 spiro atoms. The second-order valence-corrected chi connectivity index (χ2v) is 12.0. The fraction of sp³-hybridized carbons (Fsp3) is 0.405. The van der Waals surface area contributed by atoms with Gasteiger partial charge < -0.3 is 5.32 Å². The van der Waals surface area contributed by atoms with Gasteiger partial charge in [0.2, 0.25) is 0 Å². The molecule has 0 bridgehead atoms. The molecule has 2 aromatic carbocycles. The number of aryl methyl sites for hydroxylation is 1. The van der Waals surface area contributed by atoms with Crippen LogP contribution in [0, 0.1) is 0 Å². The summed E-state index contributed by atoms with van der Waals surface area (Å²) < 4.78 is 0. The lowest BCUT2D eigenvalue weighted by Crippen LogP contribution is -2.18. The molecule has 3 heteroatoms. The molecule has 1 aliphatic rings. The van der Waals surface area contributed by atoms with Crippen molar-refractivity contribution in [2.45, 2.75) is 106 Å². The highest BCUT2D eigenvalue weighted by Crippen LogP contribution is 2.40. The minimum Gasteiger partial charge on any atom is -0.382 e. The van der Waals surface area contributed by atoms with Gasteiger partial charge in [0.25, 0.3) is 0 Å². The van der Waals surface area contributed by atoms with Gasteiger partial charge in [0.15, 0.2) is 0 Å². The molecule has 1 N–H and O–H groups in total. The maximum absolute atomic E-state index is 4.88. The molecule has 45 heavy (non-hydrogen) atoms. The van der Waals surface area contributed by atoms with E-state index >= 15 is 0 Å². The third-order valence-corrected chi connectivity index (χ3v) is 8.63. The van der Waals surface area contributed by atoms with Crippen LogP contribution in [0.2, 0.25) is 0 Å². The number of anilines is 1. The first-order chi connectivity index (χ1) is 21.8. The third-order valence-electron chi connectivity index (χ3n) is 8.63. The molecule has 0 heterocycles. The Labute approximate surface area is 274 Å². The fourth-order valence-corrected chi connectivity index (χ4v) is 6.23. The molecule has 0 amide bonds. The minimum absolute atomic E-state index is 0.269. The highest BCUT2D eigenvalue weighted by Gasteiger charge is 2.26. The number of hydrogen-bond donors (Lipinski definition) is 1. The van der Waals surface area contributed by atoms with Crippen LogP contribution in [0.1, 0.15) is 111 Å². The standard InChI is InChI=1S/C42H57N3/c1-10-18-32(8)34(14-5)30-43-45(15-6)38-23-16-22-37(29-38)40-24-17-21-36-26-28-41(42(36)40)44-33(9)25-27-39(31(7)13-4)35(19-11-2)20-12-3/h14,16-17,19,21-25,27,29-30,41,44H,7-8,10-13,15,18,20,26,28H2,1-6,9H3/b33-25+,34-14-,35-19+,39-27+,43-30-. The number of hydrogen-bond acceptors (Lipinski definition) is 3. The summed E-state index contributed by atoms with van der Waals surface area (Å²) in [6.07, 6.45) is 19.4. The Morgan fingerprint density at radius 2 is 1.73 bits per heavy atom. The van der Waals surface area contributed by atoms with Crippen LogP contribution in [0.15, 0.2) is 119 Å². The second kappa shape index (κ2) is 18.2. The van der Waals surface area contributed by atoms with Crippen molar-refractivity contribution >= 4 is 11.9 Å². The van der Waals surface area contributed by atoms with Crippen LogP contribution in [0.4, 0.5) is 5.69 Å². The van der Waals surface area contributed by atoms with E-state index in [2.05, 4.69) is 139 Å². The number of hydrazone groups is 1. The van der Waals surface area contributed by atoms with Gasteiger partial charge in [-0.15, -0.1) is 0 Å². The Morgan fingerprint density at radius 3 is 2.40 bits per heavy atom. The lowest BCUT2D eigenvalue weighted by atomic mass is 9.92. The van der Waals surface area contributed by atoms with Crippen LogP contribution in [-0.4, -0.2) is 12.8 Å². The number of nitrogens with zero attached hydrogens (tertiary/aromatic N) is 2. The highest BCUT2D eigenvalue weighted by atomic mass is 15.4. The molecule has 2 aromatic rings. The van der Waals surface area contributed by atoms with Crippen LogP contribution in [-0.2, 0) is 6.42 Å². The maximum atomic E-state index is 4.88. The largest absolute Gasteiger partial charge is 0.382 e. The summed E-state index contributed by atoms with van der Waals surface area (Å²) in [5.41, 5.74) is 13.8. The van der Waals surface area contributed by atoms with Crippen molar-refractivity contribution in [3.8, 4) is 11.1 Å².